The molecule has 106 valence electrons. The number of rotatable bonds is 6. The summed E-state index contributed by atoms with van der Waals surface area (Å²) in [7, 11) is 0. The van der Waals surface area contributed by atoms with Gasteiger partial charge in [0.2, 0.25) is 0 Å². The second kappa shape index (κ2) is 7.68. The fourth-order valence-electron chi connectivity index (χ4n) is 2.72. The molecule has 0 bridgehead atoms. The van der Waals surface area contributed by atoms with Crippen LogP contribution in [-0.2, 0) is 0 Å². The lowest BCUT2D eigenvalue weighted by Gasteiger charge is -2.16. The van der Waals surface area contributed by atoms with E-state index in [2.05, 4.69) is 57.0 Å². The van der Waals surface area contributed by atoms with Crippen molar-refractivity contribution in [2.45, 2.75) is 50.3 Å². The monoisotopic (exact) mass is 388 g/mol. The van der Waals surface area contributed by atoms with Gasteiger partial charge in [-0.3, -0.25) is 0 Å². The van der Waals surface area contributed by atoms with Gasteiger partial charge < -0.3 is 4.74 Å². The molecule has 1 fully saturated rings. The lowest BCUT2D eigenvalue weighted by Crippen LogP contribution is -2.00. The molecule has 1 aromatic carbocycles. The SMILES string of the molecule is CCCOc1ccc(C(Br)CC2CCCC2)cc1Br. The van der Waals surface area contributed by atoms with Crippen LogP contribution in [0.4, 0.5) is 0 Å². The van der Waals surface area contributed by atoms with Crippen molar-refractivity contribution in [3.05, 3.63) is 28.2 Å². The van der Waals surface area contributed by atoms with E-state index in [4.69, 9.17) is 4.74 Å². The molecule has 1 aliphatic rings. The molecule has 19 heavy (non-hydrogen) atoms. The van der Waals surface area contributed by atoms with Crippen molar-refractivity contribution in [1.82, 2.24) is 0 Å². The zero-order valence-electron chi connectivity index (χ0n) is 11.5. The Labute approximate surface area is 133 Å². The van der Waals surface area contributed by atoms with Crippen molar-refractivity contribution in [3.8, 4) is 5.75 Å². The van der Waals surface area contributed by atoms with Gasteiger partial charge in [-0.05, 0) is 52.4 Å². The summed E-state index contributed by atoms with van der Waals surface area (Å²) < 4.78 is 6.76. The van der Waals surface area contributed by atoms with Crippen molar-refractivity contribution < 1.29 is 4.74 Å². The first-order valence-corrected chi connectivity index (χ1v) is 8.98. The molecule has 1 aromatic rings. The normalized spacial score (nSPS) is 17.6. The average Bonchev–Trinajstić information content (AvgIpc) is 2.90. The van der Waals surface area contributed by atoms with Crippen LogP contribution in [0.1, 0.15) is 55.8 Å². The van der Waals surface area contributed by atoms with Crippen LogP contribution in [0.15, 0.2) is 22.7 Å². The largest absolute Gasteiger partial charge is 0.492 e. The van der Waals surface area contributed by atoms with Crippen LogP contribution in [0.2, 0.25) is 0 Å². The molecular weight excluding hydrogens is 368 g/mol. The van der Waals surface area contributed by atoms with Gasteiger partial charge in [0, 0.05) is 4.83 Å². The van der Waals surface area contributed by atoms with Gasteiger partial charge >= 0.3 is 0 Å². The highest BCUT2D eigenvalue weighted by molar-refractivity contribution is 9.10. The van der Waals surface area contributed by atoms with Crippen LogP contribution in [0.25, 0.3) is 0 Å². The summed E-state index contributed by atoms with van der Waals surface area (Å²) in [5.41, 5.74) is 1.35. The molecule has 0 aromatic heterocycles. The lowest BCUT2D eigenvalue weighted by molar-refractivity contribution is 0.315. The van der Waals surface area contributed by atoms with E-state index in [0.717, 1.165) is 29.2 Å². The Bertz CT molecular complexity index is 400. The molecule has 0 aliphatic heterocycles. The minimum absolute atomic E-state index is 0.465. The van der Waals surface area contributed by atoms with Crippen molar-refractivity contribution in [2.24, 2.45) is 5.92 Å². The van der Waals surface area contributed by atoms with Gasteiger partial charge in [-0.15, -0.1) is 0 Å². The summed E-state index contributed by atoms with van der Waals surface area (Å²) >= 11 is 7.46. The maximum absolute atomic E-state index is 5.69. The molecule has 3 heteroatoms. The zero-order chi connectivity index (χ0) is 13.7. The van der Waals surface area contributed by atoms with Crippen LogP contribution in [-0.4, -0.2) is 6.61 Å². The number of benzene rings is 1. The Kier molecular flexibility index (Phi) is 6.21. The predicted molar refractivity (Wildman–Crippen MR) is 88.2 cm³/mol. The topological polar surface area (TPSA) is 9.23 Å². The second-order valence-corrected chi connectivity index (χ2v) is 7.35. The van der Waals surface area contributed by atoms with E-state index in [1.807, 2.05) is 0 Å². The second-order valence-electron chi connectivity index (χ2n) is 5.39. The third-order valence-electron chi connectivity index (χ3n) is 3.79. The Morgan fingerprint density at radius 3 is 2.68 bits per heavy atom. The van der Waals surface area contributed by atoms with Gasteiger partial charge in [-0.25, -0.2) is 0 Å². The highest BCUT2D eigenvalue weighted by atomic mass is 79.9. The van der Waals surface area contributed by atoms with E-state index >= 15 is 0 Å². The van der Waals surface area contributed by atoms with Crippen LogP contribution in [0, 0.1) is 5.92 Å². The average molecular weight is 390 g/mol. The zero-order valence-corrected chi connectivity index (χ0v) is 14.7. The fourth-order valence-corrected chi connectivity index (χ4v) is 4.04. The number of alkyl halides is 1. The summed E-state index contributed by atoms with van der Waals surface area (Å²) in [6.07, 6.45) is 7.93. The molecular formula is C16H22Br2O. The number of ether oxygens (including phenoxy) is 1. The molecule has 1 unspecified atom stereocenters. The molecule has 1 aliphatic carbocycles. The first-order valence-electron chi connectivity index (χ1n) is 7.27. The first-order chi connectivity index (χ1) is 9.20. The maximum Gasteiger partial charge on any atom is 0.133 e. The maximum atomic E-state index is 5.69. The number of hydrogen-bond acceptors (Lipinski definition) is 1. The fraction of sp³-hybridized carbons (Fsp3) is 0.625. The van der Waals surface area contributed by atoms with Gasteiger partial charge in [-0.1, -0.05) is 54.6 Å². The Morgan fingerprint density at radius 2 is 2.05 bits per heavy atom. The molecule has 1 nitrogen and oxygen atoms in total. The minimum Gasteiger partial charge on any atom is -0.492 e. The van der Waals surface area contributed by atoms with Gasteiger partial charge in [0.05, 0.1) is 11.1 Å². The van der Waals surface area contributed by atoms with Gasteiger partial charge in [0.1, 0.15) is 5.75 Å². The van der Waals surface area contributed by atoms with Crippen molar-refractivity contribution in [2.75, 3.05) is 6.61 Å². The van der Waals surface area contributed by atoms with Crippen LogP contribution in [0.5, 0.6) is 5.75 Å². The van der Waals surface area contributed by atoms with E-state index in [1.54, 1.807) is 0 Å². The quantitative estimate of drug-likeness (QED) is 0.522. The van der Waals surface area contributed by atoms with Crippen LogP contribution in [0.3, 0.4) is 0 Å². The molecule has 0 spiro atoms. The van der Waals surface area contributed by atoms with Crippen molar-refractivity contribution >= 4 is 31.9 Å². The summed E-state index contributed by atoms with van der Waals surface area (Å²) in [6.45, 7) is 2.90. The summed E-state index contributed by atoms with van der Waals surface area (Å²) in [5, 5.41) is 0. The standard InChI is InChI=1S/C16H22Br2O/c1-2-9-19-16-8-7-13(11-15(16)18)14(17)10-12-5-3-4-6-12/h7-8,11-12,14H,2-6,9-10H2,1H3. The Balaban J connectivity index is 1.97. The summed E-state index contributed by atoms with van der Waals surface area (Å²) in [6, 6.07) is 6.46. The predicted octanol–water partition coefficient (Wildman–Crippen LogP) is 6.25. The molecule has 0 amide bonds. The van der Waals surface area contributed by atoms with E-state index in [9.17, 15) is 0 Å². The molecule has 0 heterocycles. The molecule has 0 N–H and O–H groups in total. The van der Waals surface area contributed by atoms with E-state index in [-0.39, 0.29) is 0 Å². The highest BCUT2D eigenvalue weighted by Gasteiger charge is 2.20. The van der Waals surface area contributed by atoms with E-state index < -0.39 is 0 Å². The van der Waals surface area contributed by atoms with Crippen molar-refractivity contribution in [1.29, 1.82) is 0 Å². The van der Waals surface area contributed by atoms with Gasteiger partial charge in [-0.2, -0.15) is 0 Å². The first kappa shape index (κ1) is 15.4. The molecule has 0 radical (unpaired) electrons. The third-order valence-corrected chi connectivity index (χ3v) is 5.32. The minimum atomic E-state index is 0.465. The van der Waals surface area contributed by atoms with E-state index in [1.165, 1.54) is 37.7 Å². The number of hydrogen-bond donors (Lipinski definition) is 0. The third kappa shape index (κ3) is 4.49. The lowest BCUT2D eigenvalue weighted by atomic mass is 9.98. The molecule has 1 saturated carbocycles. The van der Waals surface area contributed by atoms with Crippen LogP contribution < -0.4 is 4.74 Å². The summed E-state index contributed by atoms with van der Waals surface area (Å²) in [5.74, 6) is 1.85. The Morgan fingerprint density at radius 1 is 1.32 bits per heavy atom. The smallest absolute Gasteiger partial charge is 0.133 e. The van der Waals surface area contributed by atoms with Gasteiger partial charge in [0.25, 0.3) is 0 Å². The molecule has 1 atom stereocenters. The van der Waals surface area contributed by atoms with Gasteiger partial charge in [0.15, 0.2) is 0 Å². The molecule has 2 rings (SSSR count). The van der Waals surface area contributed by atoms with Crippen LogP contribution >= 0.6 is 31.9 Å². The summed E-state index contributed by atoms with van der Waals surface area (Å²) in [4.78, 5) is 0.465. The van der Waals surface area contributed by atoms with Crippen molar-refractivity contribution in [3.63, 3.8) is 0 Å². The number of halogens is 2. The highest BCUT2D eigenvalue weighted by Crippen LogP contribution is 2.39. The molecule has 0 saturated heterocycles. The Hall–Kier alpha value is -0.0200. The van der Waals surface area contributed by atoms with E-state index in [0.29, 0.717) is 4.83 Å².